The summed E-state index contributed by atoms with van der Waals surface area (Å²) in [7, 11) is 0. The summed E-state index contributed by atoms with van der Waals surface area (Å²) in [6.45, 7) is 10.2. The third-order valence-electron chi connectivity index (χ3n) is 4.76. The summed E-state index contributed by atoms with van der Waals surface area (Å²) in [5.41, 5.74) is -2.10. The molecular formula is C20H25ClF2N2O5. The van der Waals surface area contributed by atoms with Crippen LogP contribution < -0.4 is 5.32 Å². The van der Waals surface area contributed by atoms with Crippen molar-refractivity contribution in [2.24, 2.45) is 0 Å². The van der Waals surface area contributed by atoms with Crippen molar-refractivity contribution < 1.29 is 32.6 Å². The van der Waals surface area contributed by atoms with Gasteiger partial charge in [-0.1, -0.05) is 11.6 Å². The lowest BCUT2D eigenvalue weighted by molar-refractivity contribution is -0.173. The average molecular weight is 447 g/mol. The Hall–Kier alpha value is -1.97. The van der Waals surface area contributed by atoms with E-state index in [1.165, 1.54) is 4.90 Å². The van der Waals surface area contributed by atoms with Gasteiger partial charge in [0.2, 0.25) is 5.91 Å². The molecule has 7 nitrogen and oxygen atoms in total. The molecule has 1 aromatic rings. The highest BCUT2D eigenvalue weighted by Gasteiger charge is 2.63. The van der Waals surface area contributed by atoms with E-state index in [0.717, 1.165) is 6.07 Å². The molecule has 0 saturated carbocycles. The first kappa shape index (κ1) is 22.7. The molecular weight excluding hydrogens is 422 g/mol. The zero-order valence-corrected chi connectivity index (χ0v) is 18.4. The van der Waals surface area contributed by atoms with Gasteiger partial charge in [-0.3, -0.25) is 9.69 Å². The second-order valence-electron chi connectivity index (χ2n) is 9.14. The van der Waals surface area contributed by atoms with Crippen molar-refractivity contribution >= 4 is 29.3 Å². The number of likely N-dealkylation sites (tertiary alicyclic amines) is 1. The van der Waals surface area contributed by atoms with Crippen LogP contribution in [0.1, 0.15) is 41.5 Å². The number of carbonyl (C=O) groups is 2. The number of hydrogen-bond donors (Lipinski definition) is 1. The Kier molecular flexibility index (Phi) is 5.54. The van der Waals surface area contributed by atoms with E-state index in [4.69, 9.17) is 25.8 Å². The average Bonchev–Trinajstić information content (AvgIpc) is 2.95. The lowest BCUT2D eigenvalue weighted by Gasteiger charge is -2.31. The van der Waals surface area contributed by atoms with Gasteiger partial charge in [0.25, 0.3) is 0 Å². The van der Waals surface area contributed by atoms with Crippen LogP contribution in [0.5, 0.6) is 0 Å². The molecule has 2 fully saturated rings. The topological polar surface area (TPSA) is 77.1 Å². The fraction of sp³-hybridized carbons (Fsp3) is 0.600. The number of benzene rings is 1. The second kappa shape index (κ2) is 7.32. The van der Waals surface area contributed by atoms with Crippen LogP contribution in [0.2, 0.25) is 5.02 Å². The van der Waals surface area contributed by atoms with Gasteiger partial charge in [-0.05, 0) is 47.6 Å². The van der Waals surface area contributed by atoms with Gasteiger partial charge in [0, 0.05) is 6.07 Å². The van der Waals surface area contributed by atoms with Crippen molar-refractivity contribution in [3.05, 3.63) is 28.8 Å². The molecule has 2 heterocycles. The van der Waals surface area contributed by atoms with Crippen molar-refractivity contribution in [3.8, 4) is 0 Å². The van der Waals surface area contributed by atoms with Gasteiger partial charge in [0.15, 0.2) is 5.79 Å². The summed E-state index contributed by atoms with van der Waals surface area (Å²) in [6.07, 6.45) is -1.57. The zero-order valence-electron chi connectivity index (χ0n) is 17.6. The van der Waals surface area contributed by atoms with Gasteiger partial charge in [-0.15, -0.1) is 0 Å². The van der Waals surface area contributed by atoms with E-state index in [1.54, 1.807) is 41.5 Å². The Labute approximate surface area is 178 Å². The summed E-state index contributed by atoms with van der Waals surface area (Å²) in [5, 5.41) is 2.02. The van der Waals surface area contributed by atoms with Gasteiger partial charge in [-0.25, -0.2) is 13.6 Å². The van der Waals surface area contributed by atoms with Gasteiger partial charge < -0.3 is 19.5 Å². The summed E-state index contributed by atoms with van der Waals surface area (Å²) in [5.74, 6) is -3.68. The normalized spacial score (nSPS) is 27.7. The van der Waals surface area contributed by atoms with Crippen LogP contribution in [0.15, 0.2) is 12.1 Å². The SMILES string of the molecule is CC(C)(C)OC(=O)N1C[C@@]2(C)OC(C)(C)O[C@H]2[C@H]1C(=O)Nc1cc(Cl)c(F)cc1F. The molecule has 2 aliphatic rings. The fourth-order valence-electron chi connectivity index (χ4n) is 3.80. The Morgan fingerprint density at radius 1 is 1.23 bits per heavy atom. The number of rotatable bonds is 2. The summed E-state index contributed by atoms with van der Waals surface area (Å²) < 4.78 is 44.9. The predicted octanol–water partition coefficient (Wildman–Crippen LogP) is 4.09. The number of nitrogens with one attached hydrogen (secondary N) is 1. The highest BCUT2D eigenvalue weighted by molar-refractivity contribution is 6.31. The van der Waals surface area contributed by atoms with Crippen LogP contribution in [0, 0.1) is 11.6 Å². The van der Waals surface area contributed by atoms with Crippen molar-refractivity contribution in [2.75, 3.05) is 11.9 Å². The van der Waals surface area contributed by atoms with Crippen LogP contribution in [0.4, 0.5) is 19.3 Å². The van der Waals surface area contributed by atoms with E-state index >= 15 is 0 Å². The standard InChI is InChI=1S/C20H25ClF2N2O5/c1-18(2,3)29-17(27)25-9-20(6)15(28-19(4,5)30-20)14(25)16(26)24-13-7-10(21)11(22)8-12(13)23/h7-8,14-15H,9H2,1-6H3,(H,24,26)/t14-,15-,20+/m0/s1. The van der Waals surface area contributed by atoms with Crippen LogP contribution in [0.3, 0.4) is 0 Å². The highest BCUT2D eigenvalue weighted by atomic mass is 35.5. The lowest BCUT2D eigenvalue weighted by Crippen LogP contribution is -2.50. The second-order valence-corrected chi connectivity index (χ2v) is 9.55. The third kappa shape index (κ3) is 4.38. The molecule has 2 aliphatic heterocycles. The number of amides is 2. The quantitative estimate of drug-likeness (QED) is 0.692. The maximum absolute atomic E-state index is 14.1. The summed E-state index contributed by atoms with van der Waals surface area (Å²) >= 11 is 5.71. The van der Waals surface area contributed by atoms with Crippen molar-refractivity contribution in [3.63, 3.8) is 0 Å². The molecule has 0 bridgehead atoms. The Morgan fingerprint density at radius 2 is 1.87 bits per heavy atom. The number of ether oxygens (including phenoxy) is 3. The van der Waals surface area contributed by atoms with E-state index in [0.29, 0.717) is 6.07 Å². The molecule has 166 valence electrons. The van der Waals surface area contributed by atoms with Crippen LogP contribution >= 0.6 is 11.6 Å². The molecule has 0 aromatic heterocycles. The summed E-state index contributed by atoms with van der Waals surface area (Å²) in [6, 6.07) is 0.363. The van der Waals surface area contributed by atoms with E-state index in [1.807, 2.05) is 0 Å². The van der Waals surface area contributed by atoms with Crippen LogP contribution in [0.25, 0.3) is 0 Å². The van der Waals surface area contributed by atoms with Crippen LogP contribution in [-0.4, -0.2) is 52.6 Å². The molecule has 0 aliphatic carbocycles. The molecule has 3 rings (SSSR count). The summed E-state index contributed by atoms with van der Waals surface area (Å²) in [4.78, 5) is 27.1. The molecule has 30 heavy (non-hydrogen) atoms. The van der Waals surface area contributed by atoms with E-state index < -0.39 is 52.8 Å². The maximum atomic E-state index is 14.1. The van der Waals surface area contributed by atoms with Crippen molar-refractivity contribution in [2.45, 2.75) is 70.7 Å². The number of hydrogen-bond acceptors (Lipinski definition) is 5. The minimum atomic E-state index is -1.17. The molecule has 1 aromatic carbocycles. The number of anilines is 1. The Balaban J connectivity index is 1.93. The van der Waals surface area contributed by atoms with Gasteiger partial charge in [-0.2, -0.15) is 0 Å². The number of carbonyl (C=O) groups excluding carboxylic acids is 2. The van der Waals surface area contributed by atoms with E-state index in [9.17, 15) is 18.4 Å². The first-order valence-electron chi connectivity index (χ1n) is 9.45. The predicted molar refractivity (Wildman–Crippen MR) is 105 cm³/mol. The molecule has 0 spiro atoms. The van der Waals surface area contributed by atoms with Gasteiger partial charge in [0.05, 0.1) is 17.3 Å². The molecule has 0 radical (unpaired) electrons. The number of fused-ring (bicyclic) bond motifs is 1. The van der Waals surface area contributed by atoms with Crippen molar-refractivity contribution in [1.82, 2.24) is 4.90 Å². The Morgan fingerprint density at radius 3 is 2.47 bits per heavy atom. The van der Waals surface area contributed by atoms with E-state index in [-0.39, 0.29) is 17.3 Å². The first-order valence-corrected chi connectivity index (χ1v) is 9.83. The largest absolute Gasteiger partial charge is 0.444 e. The number of halogens is 3. The van der Waals surface area contributed by atoms with Crippen LogP contribution in [-0.2, 0) is 19.0 Å². The van der Waals surface area contributed by atoms with Gasteiger partial charge in [0.1, 0.15) is 35.0 Å². The minimum absolute atomic E-state index is 0.0285. The third-order valence-corrected chi connectivity index (χ3v) is 5.05. The fourth-order valence-corrected chi connectivity index (χ4v) is 3.96. The van der Waals surface area contributed by atoms with Gasteiger partial charge >= 0.3 is 6.09 Å². The minimum Gasteiger partial charge on any atom is -0.444 e. The molecule has 2 saturated heterocycles. The molecule has 1 N–H and O–H groups in total. The maximum Gasteiger partial charge on any atom is 0.411 e. The molecule has 3 atom stereocenters. The molecule has 10 heteroatoms. The smallest absolute Gasteiger partial charge is 0.411 e. The zero-order chi connectivity index (χ0) is 22.6. The first-order chi connectivity index (χ1) is 13.6. The number of nitrogens with zero attached hydrogens (tertiary/aromatic N) is 1. The highest BCUT2D eigenvalue weighted by Crippen LogP contribution is 2.45. The lowest BCUT2D eigenvalue weighted by atomic mass is 9.98. The van der Waals surface area contributed by atoms with Crippen molar-refractivity contribution in [1.29, 1.82) is 0 Å². The monoisotopic (exact) mass is 446 g/mol. The van der Waals surface area contributed by atoms with E-state index in [2.05, 4.69) is 5.32 Å². The Bertz CT molecular complexity index is 889. The molecule has 2 amide bonds. The molecule has 0 unspecified atom stereocenters.